The number of nitrogens with zero attached hydrogens (tertiary/aromatic N) is 1. The second-order valence-corrected chi connectivity index (χ2v) is 4.22. The van der Waals surface area contributed by atoms with Gasteiger partial charge in [-0.1, -0.05) is 29.8 Å². The molecule has 19 heavy (non-hydrogen) atoms. The lowest BCUT2D eigenvalue weighted by Crippen LogP contribution is -2.04. The van der Waals surface area contributed by atoms with E-state index in [1.165, 1.54) is 6.26 Å². The summed E-state index contributed by atoms with van der Waals surface area (Å²) < 4.78 is 10.2. The summed E-state index contributed by atoms with van der Waals surface area (Å²) in [7, 11) is 0. The Morgan fingerprint density at radius 2 is 1.95 bits per heavy atom. The number of carbonyl (C=O) groups excluding carboxylic acids is 1. The zero-order valence-electron chi connectivity index (χ0n) is 10.3. The molecule has 4 heteroatoms. The van der Waals surface area contributed by atoms with Crippen molar-refractivity contribution in [1.82, 2.24) is 0 Å². The highest BCUT2D eigenvalue weighted by Crippen LogP contribution is 2.19. The first-order valence-corrected chi connectivity index (χ1v) is 5.85. The van der Waals surface area contributed by atoms with Gasteiger partial charge in [0.15, 0.2) is 11.5 Å². The lowest BCUT2D eigenvalue weighted by atomic mass is 10.1. The fourth-order valence-electron chi connectivity index (χ4n) is 1.74. The highest BCUT2D eigenvalue weighted by molar-refractivity contribution is 6.11. The van der Waals surface area contributed by atoms with Crippen molar-refractivity contribution in [2.24, 2.45) is 4.99 Å². The Kier molecular flexibility index (Phi) is 2.76. The van der Waals surface area contributed by atoms with Gasteiger partial charge in [0.05, 0.1) is 6.26 Å². The van der Waals surface area contributed by atoms with E-state index in [9.17, 15) is 4.79 Å². The number of ether oxygens (including phenoxy) is 1. The molecule has 3 rings (SSSR count). The predicted octanol–water partition coefficient (Wildman–Crippen LogP) is 2.93. The van der Waals surface area contributed by atoms with Gasteiger partial charge in [0, 0.05) is 0 Å². The maximum Gasteiger partial charge on any atom is 0.363 e. The molecule has 4 nitrogen and oxygen atoms in total. The molecule has 0 N–H and O–H groups in total. The van der Waals surface area contributed by atoms with E-state index >= 15 is 0 Å². The summed E-state index contributed by atoms with van der Waals surface area (Å²) in [5.41, 5.74) is 2.34. The van der Waals surface area contributed by atoms with Crippen LogP contribution in [0.3, 0.4) is 0 Å². The zero-order chi connectivity index (χ0) is 13.2. The van der Waals surface area contributed by atoms with Gasteiger partial charge in [-0.3, -0.25) is 0 Å². The van der Waals surface area contributed by atoms with E-state index in [0.717, 1.165) is 11.1 Å². The van der Waals surface area contributed by atoms with Gasteiger partial charge in [-0.2, -0.15) is 0 Å². The lowest BCUT2D eigenvalue weighted by Gasteiger charge is -1.95. The third-order valence-corrected chi connectivity index (χ3v) is 2.73. The Morgan fingerprint density at radius 1 is 1.16 bits per heavy atom. The number of esters is 1. The lowest BCUT2D eigenvalue weighted by molar-refractivity contribution is -0.130. The van der Waals surface area contributed by atoms with Crippen LogP contribution in [-0.4, -0.2) is 11.9 Å². The molecule has 2 aromatic rings. The highest BCUT2D eigenvalue weighted by atomic mass is 16.6. The third-order valence-electron chi connectivity index (χ3n) is 2.73. The molecule has 0 saturated carbocycles. The van der Waals surface area contributed by atoms with Gasteiger partial charge >= 0.3 is 5.97 Å². The molecule has 1 aliphatic rings. The number of aryl methyl sites for hydroxylation is 1. The molecule has 1 aromatic carbocycles. The molecule has 0 atom stereocenters. The minimum Gasteiger partial charge on any atom is -0.459 e. The molecule has 0 bridgehead atoms. The van der Waals surface area contributed by atoms with E-state index in [1.807, 2.05) is 31.2 Å². The Balaban J connectivity index is 1.92. The molecule has 0 aliphatic carbocycles. The summed E-state index contributed by atoms with van der Waals surface area (Å²) in [6.07, 6.45) is 3.20. The van der Waals surface area contributed by atoms with Gasteiger partial charge in [-0.25, -0.2) is 9.79 Å². The second kappa shape index (κ2) is 4.57. The number of furan rings is 1. The van der Waals surface area contributed by atoms with Crippen LogP contribution in [0.25, 0.3) is 6.08 Å². The van der Waals surface area contributed by atoms with Gasteiger partial charge in [-0.15, -0.1) is 0 Å². The Morgan fingerprint density at radius 3 is 2.63 bits per heavy atom. The van der Waals surface area contributed by atoms with Crippen LogP contribution in [0.2, 0.25) is 0 Å². The van der Waals surface area contributed by atoms with Crippen molar-refractivity contribution in [3.8, 4) is 0 Å². The smallest absolute Gasteiger partial charge is 0.363 e. The Bertz CT molecular complexity index is 664. The first-order chi connectivity index (χ1) is 9.22. The second-order valence-electron chi connectivity index (χ2n) is 4.22. The summed E-state index contributed by atoms with van der Waals surface area (Å²) in [6.45, 7) is 2.01. The maximum absolute atomic E-state index is 11.7. The average molecular weight is 253 g/mol. The number of hydrogen-bond donors (Lipinski definition) is 0. The number of hydrogen-bond acceptors (Lipinski definition) is 4. The molecule has 1 aliphatic heterocycles. The van der Waals surface area contributed by atoms with Gasteiger partial charge in [0.2, 0.25) is 0 Å². The topological polar surface area (TPSA) is 51.8 Å². The van der Waals surface area contributed by atoms with Crippen LogP contribution in [0.15, 0.2) is 57.8 Å². The summed E-state index contributed by atoms with van der Waals surface area (Å²) >= 11 is 0. The molecule has 0 amide bonds. The fraction of sp³-hybridized carbons (Fsp3) is 0.0667. The summed E-state index contributed by atoms with van der Waals surface area (Å²) in [5, 5.41) is 0. The number of benzene rings is 1. The van der Waals surface area contributed by atoms with Crippen molar-refractivity contribution >= 4 is 17.9 Å². The first-order valence-electron chi connectivity index (χ1n) is 5.85. The SMILES string of the molecule is Cc1ccc(C=C2N=C(c3ccco3)OC2=O)cc1. The van der Waals surface area contributed by atoms with Gasteiger partial charge < -0.3 is 9.15 Å². The Hall–Kier alpha value is -2.62. The third kappa shape index (κ3) is 2.33. The normalized spacial score (nSPS) is 16.6. The van der Waals surface area contributed by atoms with Crippen molar-refractivity contribution in [1.29, 1.82) is 0 Å². The van der Waals surface area contributed by atoms with Crippen molar-refractivity contribution < 1.29 is 13.9 Å². The van der Waals surface area contributed by atoms with E-state index in [1.54, 1.807) is 18.2 Å². The van der Waals surface area contributed by atoms with Crippen LogP contribution in [0.5, 0.6) is 0 Å². The van der Waals surface area contributed by atoms with Crippen molar-refractivity contribution in [2.75, 3.05) is 0 Å². The van der Waals surface area contributed by atoms with Gasteiger partial charge in [-0.05, 0) is 30.7 Å². The van der Waals surface area contributed by atoms with Crippen molar-refractivity contribution in [3.05, 3.63) is 65.2 Å². The number of carbonyl (C=O) groups is 1. The molecule has 0 saturated heterocycles. The summed E-state index contributed by atoms with van der Waals surface area (Å²) in [5.74, 6) is 0.181. The molecular formula is C15H11NO3. The molecule has 2 heterocycles. The van der Waals surface area contributed by atoms with Crippen LogP contribution >= 0.6 is 0 Å². The minimum absolute atomic E-state index is 0.202. The number of cyclic esters (lactones) is 1. The summed E-state index contributed by atoms with van der Waals surface area (Å²) in [6, 6.07) is 11.2. The number of aliphatic imine (C=N–C) groups is 1. The molecule has 94 valence electrons. The van der Waals surface area contributed by atoms with Crippen LogP contribution in [0, 0.1) is 6.92 Å². The molecule has 1 aromatic heterocycles. The van der Waals surface area contributed by atoms with Crippen LogP contribution < -0.4 is 0 Å². The first kappa shape index (κ1) is 11.5. The van der Waals surface area contributed by atoms with E-state index in [2.05, 4.69) is 4.99 Å². The van der Waals surface area contributed by atoms with Crippen molar-refractivity contribution in [3.63, 3.8) is 0 Å². The molecule has 0 radical (unpaired) electrons. The molecule has 0 fully saturated rings. The van der Waals surface area contributed by atoms with Crippen LogP contribution in [-0.2, 0) is 9.53 Å². The average Bonchev–Trinajstić information content (AvgIpc) is 3.03. The van der Waals surface area contributed by atoms with E-state index in [0.29, 0.717) is 5.76 Å². The van der Waals surface area contributed by atoms with Crippen molar-refractivity contribution in [2.45, 2.75) is 6.92 Å². The predicted molar refractivity (Wildman–Crippen MR) is 70.5 cm³/mol. The van der Waals surface area contributed by atoms with Gasteiger partial charge in [0.1, 0.15) is 0 Å². The molecular weight excluding hydrogens is 242 g/mol. The molecule has 0 spiro atoms. The minimum atomic E-state index is -0.466. The van der Waals surface area contributed by atoms with Crippen LogP contribution in [0.4, 0.5) is 0 Å². The maximum atomic E-state index is 11.7. The quantitative estimate of drug-likeness (QED) is 0.610. The Labute approximate surface area is 110 Å². The largest absolute Gasteiger partial charge is 0.459 e. The molecule has 0 unspecified atom stereocenters. The van der Waals surface area contributed by atoms with E-state index < -0.39 is 5.97 Å². The van der Waals surface area contributed by atoms with E-state index in [4.69, 9.17) is 9.15 Å². The summed E-state index contributed by atoms with van der Waals surface area (Å²) in [4.78, 5) is 15.8. The number of rotatable bonds is 2. The monoisotopic (exact) mass is 253 g/mol. The van der Waals surface area contributed by atoms with Crippen LogP contribution in [0.1, 0.15) is 16.9 Å². The standard InChI is InChI=1S/C15H11NO3/c1-10-4-6-11(7-5-10)9-12-15(17)19-14(16-12)13-3-2-8-18-13/h2-9H,1H3. The fourth-order valence-corrected chi connectivity index (χ4v) is 1.74. The zero-order valence-corrected chi connectivity index (χ0v) is 10.3. The van der Waals surface area contributed by atoms with Gasteiger partial charge in [0.25, 0.3) is 5.90 Å². The highest BCUT2D eigenvalue weighted by Gasteiger charge is 2.25. The van der Waals surface area contributed by atoms with E-state index in [-0.39, 0.29) is 11.6 Å².